The molecule has 0 amide bonds. The van der Waals surface area contributed by atoms with E-state index < -0.39 is 5.75 Å². The molecule has 0 aromatic heterocycles. The number of hydrogen-bond donors (Lipinski definition) is 3. The van der Waals surface area contributed by atoms with Gasteiger partial charge in [0.25, 0.3) is 0 Å². The average Bonchev–Trinajstić information content (AvgIpc) is 2.31. The van der Waals surface area contributed by atoms with Gasteiger partial charge in [0, 0.05) is 0 Å². The van der Waals surface area contributed by atoms with Gasteiger partial charge in [0.2, 0.25) is 0 Å². The lowest BCUT2D eigenvalue weighted by molar-refractivity contribution is 0.368. The van der Waals surface area contributed by atoms with Crippen molar-refractivity contribution < 1.29 is 15.3 Å². The Morgan fingerprint density at radius 3 is 1.35 bits per heavy atom. The van der Waals surface area contributed by atoms with Crippen molar-refractivity contribution in [2.45, 2.75) is 13.8 Å². The van der Waals surface area contributed by atoms with Crippen LogP contribution >= 0.6 is 0 Å². The molecule has 0 radical (unpaired) electrons. The minimum Gasteiger partial charge on any atom is -0.504 e. The van der Waals surface area contributed by atoms with Crippen LogP contribution in [0.15, 0.2) is 42.5 Å². The monoisotopic (exact) mass is 232 g/mol. The number of aromatic hydroxyl groups is 3. The van der Waals surface area contributed by atoms with Crippen LogP contribution in [0.1, 0.15) is 11.1 Å². The normalized spacial score (nSPS) is 9.29. The van der Waals surface area contributed by atoms with E-state index in [0.717, 1.165) is 0 Å². The van der Waals surface area contributed by atoms with Gasteiger partial charge in [0.05, 0.1) is 0 Å². The number of benzene rings is 2. The Hall–Kier alpha value is -2.16. The molecular formula is C14H16O3. The summed E-state index contributed by atoms with van der Waals surface area (Å²) in [5.74, 6) is -1.09. The first kappa shape index (κ1) is 12.9. The van der Waals surface area contributed by atoms with Crippen LogP contribution in [-0.4, -0.2) is 15.3 Å². The van der Waals surface area contributed by atoms with E-state index in [0.29, 0.717) is 0 Å². The third-order valence-electron chi connectivity index (χ3n) is 2.42. The molecule has 2 aromatic carbocycles. The van der Waals surface area contributed by atoms with Crippen molar-refractivity contribution in [1.29, 1.82) is 0 Å². The second-order valence-corrected chi connectivity index (χ2v) is 3.73. The van der Waals surface area contributed by atoms with E-state index in [-0.39, 0.29) is 11.5 Å². The van der Waals surface area contributed by atoms with Gasteiger partial charge < -0.3 is 15.3 Å². The molecule has 90 valence electrons. The summed E-state index contributed by atoms with van der Waals surface area (Å²) < 4.78 is 0. The molecule has 17 heavy (non-hydrogen) atoms. The van der Waals surface area contributed by atoms with Gasteiger partial charge in [-0.15, -0.1) is 0 Å². The number of rotatable bonds is 0. The van der Waals surface area contributed by atoms with Gasteiger partial charge in [0.15, 0.2) is 17.2 Å². The van der Waals surface area contributed by atoms with Crippen molar-refractivity contribution in [3.63, 3.8) is 0 Å². The molecule has 0 aliphatic heterocycles. The number of phenolic OH excluding ortho intramolecular Hbond substituents is 3. The van der Waals surface area contributed by atoms with Crippen LogP contribution < -0.4 is 0 Å². The average molecular weight is 232 g/mol. The van der Waals surface area contributed by atoms with Gasteiger partial charge in [-0.3, -0.25) is 0 Å². The Morgan fingerprint density at radius 2 is 1.06 bits per heavy atom. The largest absolute Gasteiger partial charge is 0.504 e. The van der Waals surface area contributed by atoms with Crippen LogP contribution in [0.4, 0.5) is 0 Å². The van der Waals surface area contributed by atoms with Crippen molar-refractivity contribution in [3.8, 4) is 17.2 Å². The fourth-order valence-electron chi connectivity index (χ4n) is 1.18. The summed E-state index contributed by atoms with van der Waals surface area (Å²) in [6.45, 7) is 4.24. The van der Waals surface area contributed by atoms with E-state index in [9.17, 15) is 0 Å². The summed E-state index contributed by atoms with van der Waals surface area (Å²) in [6.07, 6.45) is 0. The molecule has 3 nitrogen and oxygen atoms in total. The van der Waals surface area contributed by atoms with Gasteiger partial charge in [-0.25, -0.2) is 0 Å². The highest BCUT2D eigenvalue weighted by molar-refractivity contribution is 5.47. The second-order valence-electron chi connectivity index (χ2n) is 3.73. The Bertz CT molecular complexity index is 451. The molecule has 3 heteroatoms. The maximum Gasteiger partial charge on any atom is 0.200 e. The quantitative estimate of drug-likeness (QED) is 0.612. The third-order valence-corrected chi connectivity index (χ3v) is 2.42. The molecule has 0 fully saturated rings. The van der Waals surface area contributed by atoms with E-state index in [2.05, 4.69) is 38.1 Å². The Labute approximate surface area is 101 Å². The van der Waals surface area contributed by atoms with Crippen LogP contribution in [-0.2, 0) is 0 Å². The van der Waals surface area contributed by atoms with E-state index in [4.69, 9.17) is 15.3 Å². The Balaban J connectivity index is 0.000000171. The molecule has 0 bridgehead atoms. The topological polar surface area (TPSA) is 60.7 Å². The molecule has 0 spiro atoms. The predicted octanol–water partition coefficient (Wildman–Crippen LogP) is 3.11. The molecule has 0 aliphatic rings. The fraction of sp³-hybridized carbons (Fsp3) is 0.143. The summed E-state index contributed by atoms with van der Waals surface area (Å²) >= 11 is 0. The molecular weight excluding hydrogens is 216 g/mol. The first-order chi connectivity index (χ1) is 8.02. The maximum absolute atomic E-state index is 8.71. The lowest BCUT2D eigenvalue weighted by atomic mass is 10.1. The first-order valence-corrected chi connectivity index (χ1v) is 5.24. The van der Waals surface area contributed by atoms with E-state index >= 15 is 0 Å². The smallest absolute Gasteiger partial charge is 0.200 e. The molecule has 0 saturated carbocycles. The van der Waals surface area contributed by atoms with Crippen LogP contribution in [0.2, 0.25) is 0 Å². The molecule has 0 aliphatic carbocycles. The molecule has 3 N–H and O–H groups in total. The maximum atomic E-state index is 8.71. The summed E-state index contributed by atoms with van der Waals surface area (Å²) in [5, 5.41) is 26.1. The molecule has 0 saturated heterocycles. The highest BCUT2D eigenvalue weighted by Crippen LogP contribution is 2.32. The van der Waals surface area contributed by atoms with Crippen molar-refractivity contribution >= 4 is 0 Å². The highest BCUT2D eigenvalue weighted by Gasteiger charge is 2.00. The zero-order chi connectivity index (χ0) is 12.8. The highest BCUT2D eigenvalue weighted by atomic mass is 16.3. The van der Waals surface area contributed by atoms with Crippen molar-refractivity contribution in [3.05, 3.63) is 53.6 Å². The number of phenols is 3. The van der Waals surface area contributed by atoms with Gasteiger partial charge in [-0.05, 0) is 37.1 Å². The van der Waals surface area contributed by atoms with Crippen molar-refractivity contribution in [2.24, 2.45) is 0 Å². The van der Waals surface area contributed by atoms with Crippen molar-refractivity contribution in [2.75, 3.05) is 0 Å². The van der Waals surface area contributed by atoms with E-state index in [1.165, 1.54) is 29.3 Å². The minimum atomic E-state index is -0.475. The molecule has 0 unspecified atom stereocenters. The lowest BCUT2D eigenvalue weighted by Gasteiger charge is -1.96. The molecule has 2 aromatic rings. The second kappa shape index (κ2) is 5.80. The summed E-state index contributed by atoms with van der Waals surface area (Å²) in [4.78, 5) is 0. The minimum absolute atomic E-state index is 0.310. The zero-order valence-electron chi connectivity index (χ0n) is 9.88. The molecule has 0 heterocycles. The van der Waals surface area contributed by atoms with E-state index in [1.54, 1.807) is 0 Å². The molecule has 2 rings (SSSR count). The number of para-hydroxylation sites is 1. The summed E-state index contributed by atoms with van der Waals surface area (Å²) in [5.41, 5.74) is 2.74. The first-order valence-electron chi connectivity index (χ1n) is 5.24. The Kier molecular flexibility index (Phi) is 4.40. The van der Waals surface area contributed by atoms with Crippen LogP contribution in [0.25, 0.3) is 0 Å². The molecule has 0 atom stereocenters. The lowest BCUT2D eigenvalue weighted by Crippen LogP contribution is -1.74. The van der Waals surface area contributed by atoms with E-state index in [1.807, 2.05) is 0 Å². The standard InChI is InChI=1S/C8H10.C6H6O3/c1-7-5-3-4-6-8(7)2;7-4-2-1-3-5(8)6(4)9/h3-6H,1-2H3;1-3,7-9H. The SMILES string of the molecule is Cc1ccccc1C.Oc1cccc(O)c1O. The van der Waals surface area contributed by atoms with Gasteiger partial charge in [-0.1, -0.05) is 30.3 Å². The van der Waals surface area contributed by atoms with Crippen LogP contribution in [0.3, 0.4) is 0 Å². The number of aryl methyl sites for hydroxylation is 2. The third kappa shape index (κ3) is 3.72. The fourth-order valence-corrected chi connectivity index (χ4v) is 1.18. The number of hydrogen-bond acceptors (Lipinski definition) is 3. The van der Waals surface area contributed by atoms with Gasteiger partial charge >= 0.3 is 0 Å². The predicted molar refractivity (Wildman–Crippen MR) is 67.4 cm³/mol. The Morgan fingerprint density at radius 1 is 0.647 bits per heavy atom. The summed E-state index contributed by atoms with van der Waals surface area (Å²) in [6, 6.07) is 12.4. The zero-order valence-corrected chi connectivity index (χ0v) is 9.88. The van der Waals surface area contributed by atoms with Gasteiger partial charge in [0.1, 0.15) is 0 Å². The van der Waals surface area contributed by atoms with Crippen molar-refractivity contribution in [1.82, 2.24) is 0 Å². The summed E-state index contributed by atoms with van der Waals surface area (Å²) in [7, 11) is 0. The van der Waals surface area contributed by atoms with Crippen LogP contribution in [0.5, 0.6) is 17.2 Å². The van der Waals surface area contributed by atoms with Gasteiger partial charge in [-0.2, -0.15) is 0 Å². The van der Waals surface area contributed by atoms with Crippen LogP contribution in [0, 0.1) is 13.8 Å².